The largest absolute Gasteiger partial charge is 0.0836 e. The normalized spacial score (nSPS) is 16.8. The third kappa shape index (κ3) is 3.69. The number of hydrogen-bond acceptors (Lipinski definition) is 0. The molecule has 6 aromatic carbocycles. The van der Waals surface area contributed by atoms with Gasteiger partial charge in [-0.15, -0.1) is 0 Å². The van der Waals surface area contributed by atoms with Gasteiger partial charge in [-0.25, -0.2) is 0 Å². The van der Waals surface area contributed by atoms with E-state index in [4.69, 9.17) is 0 Å². The van der Waals surface area contributed by atoms with E-state index in [2.05, 4.69) is 135 Å². The zero-order valence-corrected chi connectivity index (χ0v) is 24.9. The minimum absolute atomic E-state index is 0.124. The Morgan fingerprint density at radius 1 is 0.581 bits per heavy atom. The number of aryl methyl sites for hydroxylation is 1. The maximum atomic E-state index is 2.48. The fourth-order valence-electron chi connectivity index (χ4n) is 8.25. The highest BCUT2D eigenvalue weighted by molar-refractivity contribution is 6.14. The van der Waals surface area contributed by atoms with Crippen molar-refractivity contribution < 1.29 is 0 Å². The van der Waals surface area contributed by atoms with E-state index in [0.717, 1.165) is 25.7 Å². The van der Waals surface area contributed by atoms with Gasteiger partial charge in [0.2, 0.25) is 0 Å². The maximum absolute atomic E-state index is 2.48. The third-order valence-electron chi connectivity index (χ3n) is 10.5. The van der Waals surface area contributed by atoms with Crippen molar-refractivity contribution in [2.24, 2.45) is 0 Å². The molecule has 0 saturated heterocycles. The second-order valence-corrected chi connectivity index (χ2v) is 13.1. The summed E-state index contributed by atoms with van der Waals surface area (Å²) in [6, 6.07) is 39.1. The monoisotopic (exact) mass is 550 g/mol. The molecule has 3 aliphatic rings. The molecule has 0 radical (unpaired) electrons. The van der Waals surface area contributed by atoms with E-state index in [1.165, 1.54) is 82.4 Å². The molecule has 0 N–H and O–H groups in total. The highest BCUT2D eigenvalue weighted by Crippen LogP contribution is 2.52. The van der Waals surface area contributed by atoms with Crippen molar-refractivity contribution in [3.05, 3.63) is 149 Å². The lowest BCUT2D eigenvalue weighted by atomic mass is 9.77. The summed E-state index contributed by atoms with van der Waals surface area (Å²) in [6.07, 6.45) is 11.6. The number of fused-ring (bicyclic) bond motifs is 9. The molecule has 0 spiro atoms. The zero-order chi connectivity index (χ0) is 28.7. The topological polar surface area (TPSA) is 0 Å². The van der Waals surface area contributed by atoms with Crippen molar-refractivity contribution in [3.63, 3.8) is 0 Å². The van der Waals surface area contributed by atoms with Gasteiger partial charge in [-0.3, -0.25) is 0 Å². The van der Waals surface area contributed by atoms with Crippen LogP contribution in [0.2, 0.25) is 0 Å². The van der Waals surface area contributed by atoms with E-state index < -0.39 is 0 Å². The summed E-state index contributed by atoms with van der Waals surface area (Å²) in [6.45, 7) is 4.79. The lowest BCUT2D eigenvalue weighted by molar-refractivity contribution is 0.609. The number of rotatable bonds is 2. The summed E-state index contributed by atoms with van der Waals surface area (Å²) in [7, 11) is 0. The third-order valence-corrected chi connectivity index (χ3v) is 10.5. The van der Waals surface area contributed by atoms with Crippen molar-refractivity contribution >= 4 is 49.5 Å². The molecule has 0 bridgehead atoms. The quantitative estimate of drug-likeness (QED) is 0.188. The molecule has 0 heterocycles. The molecule has 43 heavy (non-hydrogen) atoms. The summed E-state index contributed by atoms with van der Waals surface area (Å²) < 4.78 is 0. The van der Waals surface area contributed by atoms with Crippen molar-refractivity contribution in [1.29, 1.82) is 0 Å². The van der Waals surface area contributed by atoms with Gasteiger partial charge in [0.05, 0.1) is 0 Å². The van der Waals surface area contributed by atoms with Gasteiger partial charge in [0.15, 0.2) is 0 Å². The molecule has 0 atom stereocenters. The molecule has 3 aliphatic carbocycles. The number of benzene rings is 6. The van der Waals surface area contributed by atoms with Gasteiger partial charge in [0.25, 0.3) is 0 Å². The Labute approximate surface area is 253 Å². The Bertz CT molecular complexity index is 2250. The Balaban J connectivity index is 1.11. The first-order chi connectivity index (χ1) is 21.1. The van der Waals surface area contributed by atoms with E-state index in [9.17, 15) is 0 Å². The van der Waals surface area contributed by atoms with Crippen LogP contribution in [0.5, 0.6) is 0 Å². The molecule has 0 nitrogen and oxygen atoms in total. The highest BCUT2D eigenvalue weighted by atomic mass is 14.4. The van der Waals surface area contributed by atoms with Crippen LogP contribution in [0.1, 0.15) is 60.9 Å². The van der Waals surface area contributed by atoms with Crippen LogP contribution in [0.3, 0.4) is 0 Å². The van der Waals surface area contributed by atoms with Gasteiger partial charge >= 0.3 is 0 Å². The van der Waals surface area contributed by atoms with Crippen LogP contribution < -0.4 is 0 Å². The molecule has 0 aromatic heterocycles. The van der Waals surface area contributed by atoms with Crippen LogP contribution >= 0.6 is 0 Å². The SMILES string of the molecule is CC1(C)C2=C(C=C(c3ccc4cc(-c5ccc6c7c(c8ccccc8c6c5)C=CCC7)ccc4c3)CC2)c2ccccc21. The molecular formula is C43H34. The Hall–Kier alpha value is -4.68. The first-order valence-corrected chi connectivity index (χ1v) is 15.8. The van der Waals surface area contributed by atoms with Gasteiger partial charge < -0.3 is 0 Å². The standard InChI is InChI=1S/C43H34/c1-43(2)41-14-8-7-13-38(41)40-26-32(20-22-42(40)43)30-18-16-27-23-29(17-15-28(27)24-30)31-19-21-37-35-11-4-3-9-33(35)34-10-5-6-12-36(34)39(37)25-31/h3,5-10,12-19,21,23-26H,4,11,20,22H2,1-2H3. The molecule has 206 valence electrons. The summed E-state index contributed by atoms with van der Waals surface area (Å²) in [5, 5.41) is 8.09. The summed E-state index contributed by atoms with van der Waals surface area (Å²) >= 11 is 0. The van der Waals surface area contributed by atoms with E-state index in [0.29, 0.717) is 0 Å². The second kappa shape index (κ2) is 9.16. The average molecular weight is 551 g/mol. The molecule has 9 rings (SSSR count). The first-order valence-electron chi connectivity index (χ1n) is 15.8. The molecule has 0 saturated carbocycles. The highest BCUT2D eigenvalue weighted by Gasteiger charge is 2.37. The van der Waals surface area contributed by atoms with E-state index >= 15 is 0 Å². The van der Waals surface area contributed by atoms with Gasteiger partial charge in [0, 0.05) is 5.41 Å². The van der Waals surface area contributed by atoms with Crippen molar-refractivity contribution in [3.8, 4) is 11.1 Å². The van der Waals surface area contributed by atoms with Crippen molar-refractivity contribution in [2.75, 3.05) is 0 Å². The molecule has 6 aromatic rings. The Kier molecular flexibility index (Phi) is 5.30. The molecule has 0 amide bonds. The van der Waals surface area contributed by atoms with Crippen LogP contribution in [0.4, 0.5) is 0 Å². The molecule has 0 aliphatic heterocycles. The number of allylic oxidation sites excluding steroid dienone is 5. The number of hydrogen-bond donors (Lipinski definition) is 0. The lowest BCUT2D eigenvalue weighted by Crippen LogP contribution is -2.18. The smallest absolute Gasteiger partial charge is 0.0121 e. The van der Waals surface area contributed by atoms with E-state index in [-0.39, 0.29) is 5.41 Å². The summed E-state index contributed by atoms with van der Waals surface area (Å²) in [4.78, 5) is 0. The van der Waals surface area contributed by atoms with Crippen LogP contribution in [-0.2, 0) is 11.8 Å². The van der Waals surface area contributed by atoms with E-state index in [1.807, 2.05) is 0 Å². The van der Waals surface area contributed by atoms with Crippen LogP contribution in [0.25, 0.3) is 60.7 Å². The zero-order valence-electron chi connectivity index (χ0n) is 24.9. The molecule has 0 heteroatoms. The van der Waals surface area contributed by atoms with Gasteiger partial charge in [-0.05, 0) is 126 Å². The average Bonchev–Trinajstić information content (AvgIpc) is 3.30. The van der Waals surface area contributed by atoms with Crippen LogP contribution in [-0.4, -0.2) is 0 Å². The Morgan fingerprint density at radius 2 is 1.30 bits per heavy atom. The minimum Gasteiger partial charge on any atom is -0.0836 e. The fourth-order valence-corrected chi connectivity index (χ4v) is 8.25. The maximum Gasteiger partial charge on any atom is 0.0121 e. The molecule has 0 fully saturated rings. The first kappa shape index (κ1) is 24.9. The minimum atomic E-state index is 0.124. The summed E-state index contributed by atoms with van der Waals surface area (Å²) in [5.74, 6) is 0. The molecule has 0 unspecified atom stereocenters. The van der Waals surface area contributed by atoms with Gasteiger partial charge in [-0.2, -0.15) is 0 Å². The Morgan fingerprint density at radius 3 is 2.19 bits per heavy atom. The predicted octanol–water partition coefficient (Wildman–Crippen LogP) is 11.7. The van der Waals surface area contributed by atoms with Crippen molar-refractivity contribution in [2.45, 2.75) is 44.9 Å². The van der Waals surface area contributed by atoms with Crippen molar-refractivity contribution in [1.82, 2.24) is 0 Å². The van der Waals surface area contributed by atoms with Gasteiger partial charge in [0.1, 0.15) is 0 Å². The van der Waals surface area contributed by atoms with Gasteiger partial charge in [-0.1, -0.05) is 123 Å². The second-order valence-electron chi connectivity index (χ2n) is 13.1. The lowest BCUT2D eigenvalue weighted by Gasteiger charge is -2.27. The fraction of sp³-hybridized carbons (Fsp3) is 0.163. The van der Waals surface area contributed by atoms with Crippen LogP contribution in [0, 0.1) is 0 Å². The summed E-state index contributed by atoms with van der Waals surface area (Å²) in [5.41, 5.74) is 14.4. The van der Waals surface area contributed by atoms with Crippen LogP contribution in [0.15, 0.2) is 121 Å². The predicted molar refractivity (Wildman–Crippen MR) is 185 cm³/mol. The van der Waals surface area contributed by atoms with E-state index in [1.54, 1.807) is 5.57 Å². The molecular weight excluding hydrogens is 516 g/mol.